The van der Waals surface area contributed by atoms with Crippen LogP contribution >= 0.6 is 11.3 Å². The van der Waals surface area contributed by atoms with E-state index in [-0.39, 0.29) is 5.82 Å². The van der Waals surface area contributed by atoms with Crippen molar-refractivity contribution >= 4 is 21.4 Å². The van der Waals surface area contributed by atoms with Crippen LogP contribution in [0.15, 0.2) is 34.9 Å². The third-order valence-electron chi connectivity index (χ3n) is 2.87. The lowest BCUT2D eigenvalue weighted by molar-refractivity contribution is 0.501. The number of nitrogens with one attached hydrogen (secondary N) is 1. The molecule has 3 aromatic rings. The molecule has 3 nitrogen and oxygen atoms in total. The van der Waals surface area contributed by atoms with E-state index in [4.69, 9.17) is 4.42 Å². The first kappa shape index (κ1) is 12.3. The van der Waals surface area contributed by atoms with Crippen LogP contribution in [0.3, 0.4) is 0 Å². The van der Waals surface area contributed by atoms with Crippen LogP contribution in [0.5, 0.6) is 0 Å². The van der Waals surface area contributed by atoms with Crippen molar-refractivity contribution < 1.29 is 8.81 Å². The summed E-state index contributed by atoms with van der Waals surface area (Å²) in [6, 6.07) is 6.80. The number of thiophene rings is 1. The third-order valence-corrected chi connectivity index (χ3v) is 3.98. The van der Waals surface area contributed by atoms with Crippen molar-refractivity contribution in [3.63, 3.8) is 0 Å². The van der Waals surface area contributed by atoms with E-state index in [1.807, 2.05) is 13.1 Å². The Balaban J connectivity index is 1.92. The Bertz CT molecular complexity index is 704. The number of likely N-dealkylation sites (N-methyl/N-ethyl adjacent to an activating group) is 1. The summed E-state index contributed by atoms with van der Waals surface area (Å²) in [5.41, 5.74) is 0. The Morgan fingerprint density at radius 1 is 1.37 bits per heavy atom. The van der Waals surface area contributed by atoms with Crippen LogP contribution < -0.4 is 5.32 Å². The van der Waals surface area contributed by atoms with E-state index in [1.54, 1.807) is 18.3 Å². The molecule has 0 bridgehead atoms. The van der Waals surface area contributed by atoms with Crippen LogP contribution in [-0.2, 0) is 6.42 Å². The lowest BCUT2D eigenvalue weighted by atomic mass is 10.2. The van der Waals surface area contributed by atoms with Crippen molar-refractivity contribution in [1.82, 2.24) is 10.3 Å². The predicted molar refractivity (Wildman–Crippen MR) is 74.9 cm³/mol. The van der Waals surface area contributed by atoms with Crippen LogP contribution in [0, 0.1) is 5.82 Å². The fourth-order valence-electron chi connectivity index (χ4n) is 1.90. The van der Waals surface area contributed by atoms with Gasteiger partial charge >= 0.3 is 0 Å². The molecular formula is C14H13FN2OS. The molecule has 3 rings (SSSR count). The van der Waals surface area contributed by atoms with Crippen LogP contribution in [0.25, 0.3) is 20.7 Å². The molecule has 0 saturated carbocycles. The maximum absolute atomic E-state index is 13.2. The standard InChI is InChI=1S/C14H13FN2OS/c1-16-5-4-14-17-8-11(18-14)13-6-9-2-3-10(15)7-12(9)19-13/h2-3,6-8,16H,4-5H2,1H3. The minimum atomic E-state index is -0.215. The van der Waals surface area contributed by atoms with Gasteiger partial charge in [0, 0.05) is 17.7 Å². The highest BCUT2D eigenvalue weighted by Gasteiger charge is 2.10. The van der Waals surface area contributed by atoms with Gasteiger partial charge in [0.2, 0.25) is 0 Å². The highest BCUT2D eigenvalue weighted by atomic mass is 32.1. The van der Waals surface area contributed by atoms with E-state index in [0.29, 0.717) is 5.89 Å². The van der Waals surface area contributed by atoms with Crippen molar-refractivity contribution in [3.05, 3.63) is 42.2 Å². The quantitative estimate of drug-likeness (QED) is 0.793. The first-order valence-corrected chi connectivity index (χ1v) is 6.86. The molecule has 0 fully saturated rings. The number of benzene rings is 1. The summed E-state index contributed by atoms with van der Waals surface area (Å²) < 4.78 is 19.8. The number of halogens is 1. The summed E-state index contributed by atoms with van der Waals surface area (Å²) in [4.78, 5) is 5.22. The second kappa shape index (κ2) is 5.11. The molecule has 0 spiro atoms. The summed E-state index contributed by atoms with van der Waals surface area (Å²) in [5.74, 6) is 1.24. The Morgan fingerprint density at radius 2 is 2.26 bits per heavy atom. The second-order valence-corrected chi connectivity index (χ2v) is 5.35. The third kappa shape index (κ3) is 2.52. The molecule has 0 radical (unpaired) electrons. The zero-order valence-electron chi connectivity index (χ0n) is 10.4. The lowest BCUT2D eigenvalue weighted by Gasteiger charge is -1.93. The molecule has 5 heteroatoms. The van der Waals surface area contributed by atoms with E-state index in [0.717, 1.165) is 33.7 Å². The lowest BCUT2D eigenvalue weighted by Crippen LogP contribution is -2.10. The number of hydrogen-bond acceptors (Lipinski definition) is 4. The van der Waals surface area contributed by atoms with Gasteiger partial charge in [-0.25, -0.2) is 9.37 Å². The normalized spacial score (nSPS) is 11.3. The molecule has 98 valence electrons. The van der Waals surface area contributed by atoms with Crippen LogP contribution in [0.1, 0.15) is 5.89 Å². The fraction of sp³-hybridized carbons (Fsp3) is 0.214. The highest BCUT2D eigenvalue weighted by molar-refractivity contribution is 7.22. The van der Waals surface area contributed by atoms with E-state index >= 15 is 0 Å². The summed E-state index contributed by atoms with van der Waals surface area (Å²) in [6.07, 6.45) is 2.49. The zero-order valence-corrected chi connectivity index (χ0v) is 11.3. The maximum Gasteiger partial charge on any atom is 0.196 e. The molecule has 1 N–H and O–H groups in total. The van der Waals surface area contributed by atoms with Crippen molar-refractivity contribution in [1.29, 1.82) is 0 Å². The molecule has 19 heavy (non-hydrogen) atoms. The smallest absolute Gasteiger partial charge is 0.196 e. The Morgan fingerprint density at radius 3 is 3.11 bits per heavy atom. The molecule has 1 aromatic carbocycles. The molecular weight excluding hydrogens is 263 g/mol. The minimum Gasteiger partial charge on any atom is -0.440 e. The Labute approximate surface area is 114 Å². The molecule has 0 aliphatic carbocycles. The van der Waals surface area contributed by atoms with Gasteiger partial charge in [-0.2, -0.15) is 0 Å². The average molecular weight is 276 g/mol. The van der Waals surface area contributed by atoms with Crippen molar-refractivity contribution in [2.24, 2.45) is 0 Å². The highest BCUT2D eigenvalue weighted by Crippen LogP contribution is 2.34. The molecule has 0 aliphatic heterocycles. The second-order valence-electron chi connectivity index (χ2n) is 4.26. The Kier molecular flexibility index (Phi) is 3.31. The number of nitrogens with zero attached hydrogens (tertiary/aromatic N) is 1. The number of fused-ring (bicyclic) bond motifs is 1. The van der Waals surface area contributed by atoms with E-state index < -0.39 is 0 Å². The molecule has 0 atom stereocenters. The summed E-state index contributed by atoms with van der Waals surface area (Å²) in [5, 5.41) is 4.08. The van der Waals surface area contributed by atoms with Crippen LogP contribution in [0.4, 0.5) is 4.39 Å². The van der Waals surface area contributed by atoms with Gasteiger partial charge in [-0.1, -0.05) is 6.07 Å². The SMILES string of the molecule is CNCCc1ncc(-c2cc3ccc(F)cc3s2)o1. The minimum absolute atomic E-state index is 0.215. The fourth-order valence-corrected chi connectivity index (χ4v) is 2.93. The van der Waals surface area contributed by atoms with Gasteiger partial charge in [0.15, 0.2) is 11.7 Å². The molecule has 0 amide bonds. The first-order valence-electron chi connectivity index (χ1n) is 6.05. The van der Waals surface area contributed by atoms with Gasteiger partial charge in [0.05, 0.1) is 11.1 Å². The Hall–Kier alpha value is -1.72. The van der Waals surface area contributed by atoms with Gasteiger partial charge in [0.25, 0.3) is 0 Å². The summed E-state index contributed by atoms with van der Waals surface area (Å²) in [7, 11) is 1.89. The largest absolute Gasteiger partial charge is 0.440 e. The van der Waals surface area contributed by atoms with Crippen molar-refractivity contribution in [3.8, 4) is 10.6 Å². The van der Waals surface area contributed by atoms with Crippen LogP contribution in [-0.4, -0.2) is 18.6 Å². The zero-order chi connectivity index (χ0) is 13.2. The average Bonchev–Trinajstić information content (AvgIpc) is 3.01. The molecule has 2 aromatic heterocycles. The van der Waals surface area contributed by atoms with Gasteiger partial charge in [-0.05, 0) is 30.6 Å². The van der Waals surface area contributed by atoms with Gasteiger partial charge in [0.1, 0.15) is 5.82 Å². The molecule has 0 unspecified atom stereocenters. The van der Waals surface area contributed by atoms with Gasteiger partial charge in [-0.3, -0.25) is 0 Å². The first-order chi connectivity index (χ1) is 9.26. The van der Waals surface area contributed by atoms with Gasteiger partial charge in [-0.15, -0.1) is 11.3 Å². The molecule has 2 heterocycles. The summed E-state index contributed by atoms with van der Waals surface area (Å²) in [6.45, 7) is 0.831. The monoisotopic (exact) mass is 276 g/mol. The molecule has 0 aliphatic rings. The maximum atomic E-state index is 13.2. The van der Waals surface area contributed by atoms with E-state index in [9.17, 15) is 4.39 Å². The number of hydrogen-bond donors (Lipinski definition) is 1. The van der Waals surface area contributed by atoms with E-state index in [1.165, 1.54) is 17.4 Å². The number of aromatic nitrogens is 1. The van der Waals surface area contributed by atoms with Crippen molar-refractivity contribution in [2.45, 2.75) is 6.42 Å². The molecule has 0 saturated heterocycles. The predicted octanol–water partition coefficient (Wildman–Crippen LogP) is 3.46. The van der Waals surface area contributed by atoms with Crippen LogP contribution in [0.2, 0.25) is 0 Å². The van der Waals surface area contributed by atoms with Gasteiger partial charge < -0.3 is 9.73 Å². The summed E-state index contributed by atoms with van der Waals surface area (Å²) >= 11 is 1.51. The number of oxazole rings is 1. The topological polar surface area (TPSA) is 38.1 Å². The number of rotatable bonds is 4. The van der Waals surface area contributed by atoms with Crippen molar-refractivity contribution in [2.75, 3.05) is 13.6 Å². The van der Waals surface area contributed by atoms with E-state index in [2.05, 4.69) is 10.3 Å².